The van der Waals surface area contributed by atoms with E-state index in [-0.39, 0.29) is 11.9 Å². The molecule has 1 heterocycles. The molecular formula is C11H12FN3O2. The quantitative estimate of drug-likeness (QED) is 0.852. The van der Waals surface area contributed by atoms with Crippen LogP contribution in [0.1, 0.15) is 25.3 Å². The average Bonchev–Trinajstić information content (AvgIpc) is 2.81. The molecule has 0 bridgehead atoms. The lowest BCUT2D eigenvalue weighted by Crippen LogP contribution is -2.08. The number of halogens is 1. The van der Waals surface area contributed by atoms with Crippen molar-refractivity contribution in [3.8, 4) is 17.1 Å². The summed E-state index contributed by atoms with van der Waals surface area (Å²) in [5.41, 5.74) is 6.16. The fraction of sp³-hybridized carbons (Fsp3) is 0.273. The summed E-state index contributed by atoms with van der Waals surface area (Å²) in [6.07, 6.45) is 0.672. The number of hydrogen-bond acceptors (Lipinski definition) is 5. The van der Waals surface area contributed by atoms with Crippen molar-refractivity contribution in [2.45, 2.75) is 19.4 Å². The number of benzene rings is 1. The van der Waals surface area contributed by atoms with E-state index < -0.39 is 11.6 Å². The van der Waals surface area contributed by atoms with Gasteiger partial charge in [-0.1, -0.05) is 12.1 Å². The lowest BCUT2D eigenvalue weighted by atomic mass is 10.2. The minimum absolute atomic E-state index is 0.253. The molecule has 0 radical (unpaired) electrons. The van der Waals surface area contributed by atoms with Crippen molar-refractivity contribution in [1.82, 2.24) is 10.1 Å². The number of nitrogens with two attached hydrogens (primary N) is 1. The van der Waals surface area contributed by atoms with Crippen molar-refractivity contribution in [3.05, 3.63) is 29.9 Å². The molecule has 1 atom stereocenters. The topological polar surface area (TPSA) is 85.2 Å². The molecular weight excluding hydrogens is 225 g/mol. The summed E-state index contributed by atoms with van der Waals surface area (Å²) in [7, 11) is 0. The SMILES string of the molecule is CC[C@@H](N)c1nc(-c2ccc(O)c(F)c2)no1. The molecule has 2 rings (SSSR count). The Morgan fingerprint density at radius 1 is 1.53 bits per heavy atom. The van der Waals surface area contributed by atoms with Gasteiger partial charge in [-0.05, 0) is 24.6 Å². The number of aromatic nitrogens is 2. The molecule has 0 fully saturated rings. The van der Waals surface area contributed by atoms with Gasteiger partial charge < -0.3 is 15.4 Å². The zero-order chi connectivity index (χ0) is 12.4. The van der Waals surface area contributed by atoms with Gasteiger partial charge in [0.25, 0.3) is 0 Å². The highest BCUT2D eigenvalue weighted by Gasteiger charge is 2.14. The van der Waals surface area contributed by atoms with Crippen molar-refractivity contribution in [1.29, 1.82) is 0 Å². The van der Waals surface area contributed by atoms with E-state index in [4.69, 9.17) is 15.4 Å². The zero-order valence-corrected chi connectivity index (χ0v) is 9.22. The average molecular weight is 237 g/mol. The fourth-order valence-electron chi connectivity index (χ4n) is 1.32. The maximum Gasteiger partial charge on any atom is 0.243 e. The fourth-order valence-corrected chi connectivity index (χ4v) is 1.32. The van der Waals surface area contributed by atoms with Crippen molar-refractivity contribution in [2.75, 3.05) is 0 Å². The Balaban J connectivity index is 2.33. The van der Waals surface area contributed by atoms with Gasteiger partial charge in [-0.2, -0.15) is 4.98 Å². The van der Waals surface area contributed by atoms with E-state index in [2.05, 4.69) is 10.1 Å². The van der Waals surface area contributed by atoms with Crippen LogP contribution in [-0.4, -0.2) is 15.2 Å². The summed E-state index contributed by atoms with van der Waals surface area (Å²) in [6, 6.07) is 3.56. The van der Waals surface area contributed by atoms with Gasteiger partial charge in [0.1, 0.15) is 0 Å². The van der Waals surface area contributed by atoms with Crippen molar-refractivity contribution < 1.29 is 14.0 Å². The molecule has 0 saturated heterocycles. The molecule has 1 aromatic heterocycles. The predicted octanol–water partition coefficient (Wildman–Crippen LogP) is 1.99. The summed E-state index contributed by atoms with van der Waals surface area (Å²) in [5, 5.41) is 12.8. The Morgan fingerprint density at radius 3 is 2.94 bits per heavy atom. The lowest BCUT2D eigenvalue weighted by Gasteiger charge is -1.99. The Hall–Kier alpha value is -1.95. The molecule has 3 N–H and O–H groups in total. The highest BCUT2D eigenvalue weighted by molar-refractivity contribution is 5.55. The summed E-state index contributed by atoms with van der Waals surface area (Å²) in [6.45, 7) is 1.90. The third kappa shape index (κ3) is 2.26. The smallest absolute Gasteiger partial charge is 0.243 e. The third-order valence-corrected chi connectivity index (χ3v) is 2.40. The molecule has 2 aromatic rings. The second-order valence-electron chi connectivity index (χ2n) is 3.64. The van der Waals surface area contributed by atoms with Crippen molar-refractivity contribution >= 4 is 0 Å². The van der Waals surface area contributed by atoms with E-state index in [0.29, 0.717) is 17.9 Å². The van der Waals surface area contributed by atoms with Crippen LogP contribution in [0.3, 0.4) is 0 Å². The van der Waals surface area contributed by atoms with Crippen LogP contribution in [0, 0.1) is 5.82 Å². The summed E-state index contributed by atoms with van der Waals surface area (Å²) < 4.78 is 18.1. The highest BCUT2D eigenvalue weighted by Crippen LogP contribution is 2.23. The number of rotatable bonds is 3. The van der Waals surface area contributed by atoms with E-state index in [9.17, 15) is 4.39 Å². The number of phenolic OH excluding ortho intramolecular Hbond substituents is 1. The van der Waals surface area contributed by atoms with E-state index in [1.807, 2.05) is 6.92 Å². The van der Waals surface area contributed by atoms with E-state index in [1.165, 1.54) is 12.1 Å². The summed E-state index contributed by atoms with van der Waals surface area (Å²) >= 11 is 0. The van der Waals surface area contributed by atoms with Gasteiger partial charge in [0.15, 0.2) is 11.6 Å². The van der Waals surface area contributed by atoms with Crippen LogP contribution in [0.5, 0.6) is 5.75 Å². The molecule has 6 heteroatoms. The van der Waals surface area contributed by atoms with Crippen molar-refractivity contribution in [2.24, 2.45) is 5.73 Å². The Kier molecular flexibility index (Phi) is 3.06. The second-order valence-corrected chi connectivity index (χ2v) is 3.64. The molecule has 0 aliphatic carbocycles. The van der Waals surface area contributed by atoms with E-state index in [0.717, 1.165) is 6.07 Å². The number of nitrogens with zero attached hydrogens (tertiary/aromatic N) is 2. The molecule has 1 aromatic carbocycles. The van der Waals surface area contributed by atoms with Gasteiger partial charge in [-0.3, -0.25) is 0 Å². The Labute approximate surface area is 97.1 Å². The van der Waals surface area contributed by atoms with Gasteiger partial charge in [-0.15, -0.1) is 0 Å². The zero-order valence-electron chi connectivity index (χ0n) is 9.22. The third-order valence-electron chi connectivity index (χ3n) is 2.40. The molecule has 0 amide bonds. The van der Waals surface area contributed by atoms with E-state index in [1.54, 1.807) is 0 Å². The maximum absolute atomic E-state index is 13.1. The molecule has 0 unspecified atom stereocenters. The lowest BCUT2D eigenvalue weighted by molar-refractivity contribution is 0.352. The molecule has 0 saturated carbocycles. The van der Waals surface area contributed by atoms with Crippen LogP contribution >= 0.6 is 0 Å². The first kappa shape index (κ1) is 11.5. The summed E-state index contributed by atoms with van der Waals surface area (Å²) in [5.74, 6) is -0.574. The number of hydrogen-bond donors (Lipinski definition) is 2. The van der Waals surface area contributed by atoms with E-state index >= 15 is 0 Å². The number of aromatic hydroxyl groups is 1. The van der Waals surface area contributed by atoms with Gasteiger partial charge in [0.05, 0.1) is 6.04 Å². The van der Waals surface area contributed by atoms with Crippen LogP contribution < -0.4 is 5.73 Å². The van der Waals surface area contributed by atoms with Crippen LogP contribution in [0.25, 0.3) is 11.4 Å². The second kappa shape index (κ2) is 4.50. The maximum atomic E-state index is 13.1. The first-order chi connectivity index (χ1) is 8.11. The van der Waals surface area contributed by atoms with Gasteiger partial charge in [-0.25, -0.2) is 4.39 Å². The first-order valence-electron chi connectivity index (χ1n) is 5.20. The Morgan fingerprint density at radius 2 is 2.29 bits per heavy atom. The normalized spacial score (nSPS) is 12.6. The number of phenols is 1. The molecule has 0 aliphatic heterocycles. The molecule has 0 aliphatic rings. The van der Waals surface area contributed by atoms with Crippen LogP contribution in [-0.2, 0) is 0 Å². The molecule has 90 valence electrons. The van der Waals surface area contributed by atoms with Crippen LogP contribution in [0.2, 0.25) is 0 Å². The summed E-state index contributed by atoms with van der Waals surface area (Å²) in [4.78, 5) is 4.07. The monoisotopic (exact) mass is 237 g/mol. The Bertz CT molecular complexity index is 527. The largest absolute Gasteiger partial charge is 0.505 e. The van der Waals surface area contributed by atoms with Crippen LogP contribution in [0.15, 0.2) is 22.7 Å². The standard InChI is InChI=1S/C11H12FN3O2/c1-2-8(13)11-14-10(15-17-11)6-3-4-9(16)7(12)5-6/h3-5,8,16H,2,13H2,1H3/t8-/m1/s1. The molecule has 0 spiro atoms. The van der Waals surface area contributed by atoms with Gasteiger partial charge >= 0.3 is 0 Å². The van der Waals surface area contributed by atoms with Gasteiger partial charge in [0, 0.05) is 5.56 Å². The van der Waals surface area contributed by atoms with Crippen molar-refractivity contribution in [3.63, 3.8) is 0 Å². The minimum atomic E-state index is -0.728. The molecule has 5 nitrogen and oxygen atoms in total. The minimum Gasteiger partial charge on any atom is -0.505 e. The van der Waals surface area contributed by atoms with Gasteiger partial charge in [0.2, 0.25) is 11.7 Å². The van der Waals surface area contributed by atoms with Crippen LogP contribution in [0.4, 0.5) is 4.39 Å². The molecule has 17 heavy (non-hydrogen) atoms. The predicted molar refractivity (Wildman–Crippen MR) is 58.6 cm³/mol. The first-order valence-corrected chi connectivity index (χ1v) is 5.20. The highest BCUT2D eigenvalue weighted by atomic mass is 19.1.